The molecule has 18 heteroatoms. The highest BCUT2D eigenvalue weighted by Gasteiger charge is 2.50. The Kier molecular flexibility index (Phi) is 14.4. The molecule has 0 aromatic heterocycles. The van der Waals surface area contributed by atoms with Crippen LogP contribution < -0.4 is 9.80 Å². The highest BCUT2D eigenvalue weighted by atomic mass is 35.5. The third-order valence-electron chi connectivity index (χ3n) is 9.41. The van der Waals surface area contributed by atoms with Crippen molar-refractivity contribution < 1.29 is 38.2 Å². The second-order valence-corrected chi connectivity index (χ2v) is 15.3. The van der Waals surface area contributed by atoms with Crippen LogP contribution in [0.1, 0.15) is 25.0 Å². The molecule has 0 N–H and O–H groups in total. The van der Waals surface area contributed by atoms with Crippen molar-refractivity contribution in [2.75, 3.05) is 50.9 Å². The Morgan fingerprint density at radius 1 is 0.610 bits per heavy atom. The number of hydrogen-bond donors (Lipinski definition) is 0. The smallest absolute Gasteiger partial charge is 0.351 e. The van der Waals surface area contributed by atoms with E-state index in [0.29, 0.717) is 60.4 Å². The Bertz CT molecular complexity index is 2260. The normalized spacial score (nSPS) is 18.2. The van der Waals surface area contributed by atoms with E-state index in [1.54, 1.807) is 98.8 Å². The first kappa shape index (κ1) is 44.6. The Morgan fingerprint density at radius 3 is 1.32 bits per heavy atom. The summed E-state index contributed by atoms with van der Waals surface area (Å²) in [5.74, 6) is -1.04. The summed E-state index contributed by atoms with van der Waals surface area (Å²) in [6, 6.07) is 25.4. The highest BCUT2D eigenvalue weighted by Crippen LogP contribution is 2.36. The fourth-order valence-electron chi connectivity index (χ4n) is 6.32. The molecule has 0 fully saturated rings. The number of methoxy groups -OCH3 is 3. The average Bonchev–Trinajstić information content (AvgIpc) is 3.79. The van der Waals surface area contributed by atoms with Gasteiger partial charge in [0.25, 0.3) is 0 Å². The molecule has 4 aromatic carbocycles. The van der Waals surface area contributed by atoms with E-state index in [1.165, 1.54) is 43.4 Å². The lowest BCUT2D eigenvalue weighted by Gasteiger charge is -2.27. The fourth-order valence-corrected chi connectivity index (χ4v) is 6.82. The number of hydrazone groups is 2. The number of amides is 5. The van der Waals surface area contributed by atoms with Crippen molar-refractivity contribution in [1.82, 2.24) is 10.0 Å². The van der Waals surface area contributed by atoms with E-state index in [2.05, 4.69) is 10.2 Å². The molecule has 2 atom stereocenters. The summed E-state index contributed by atoms with van der Waals surface area (Å²) < 4.78 is 15.2. The molecule has 2 heterocycles. The number of esters is 2. The molecule has 4 aromatic rings. The molecule has 0 radical (unpaired) electrons. The number of imide groups is 1. The first-order chi connectivity index (χ1) is 28.1. The van der Waals surface area contributed by atoms with Gasteiger partial charge in [-0.05, 0) is 97.8 Å². The van der Waals surface area contributed by atoms with Crippen molar-refractivity contribution in [2.45, 2.75) is 13.8 Å². The second-order valence-electron chi connectivity index (χ2n) is 13.5. The lowest BCUT2D eigenvalue weighted by Crippen LogP contribution is -2.45. The molecule has 5 amide bonds. The Balaban J connectivity index is 0.000000224. The largest absolute Gasteiger partial charge is 0.468 e. The SMILES string of the molecule is COC(=O)C1(C)CN(C(=O)N(C=O)c2ccc(Cl)cc2)N=C1c1ccc(Cl)cc1.COCN(C(=O)N1CC(C)(C(=O)OC)C(c2ccc(Cl)cc2)=N1)c1ccc(Cl)cc1. The van der Waals surface area contributed by atoms with Crippen molar-refractivity contribution in [3.63, 3.8) is 0 Å². The van der Waals surface area contributed by atoms with Crippen LogP contribution in [0, 0.1) is 10.8 Å². The summed E-state index contributed by atoms with van der Waals surface area (Å²) >= 11 is 23.8. The van der Waals surface area contributed by atoms with Gasteiger partial charge in [0.1, 0.15) is 17.6 Å². The number of ether oxygens (including phenoxy) is 3. The summed E-state index contributed by atoms with van der Waals surface area (Å²) in [6.45, 7) is 3.26. The number of hydrogen-bond acceptors (Lipinski definition) is 10. The minimum absolute atomic E-state index is 0.00228. The van der Waals surface area contributed by atoms with Gasteiger partial charge < -0.3 is 14.2 Å². The van der Waals surface area contributed by atoms with Crippen molar-refractivity contribution in [1.29, 1.82) is 0 Å². The quantitative estimate of drug-likeness (QED) is 0.0924. The summed E-state index contributed by atoms with van der Waals surface area (Å²) in [5.41, 5.74) is 0.604. The van der Waals surface area contributed by atoms with Crippen LogP contribution in [-0.4, -0.2) is 93.0 Å². The highest BCUT2D eigenvalue weighted by molar-refractivity contribution is 6.32. The number of rotatable bonds is 9. The zero-order valence-electron chi connectivity index (χ0n) is 32.4. The van der Waals surface area contributed by atoms with Gasteiger partial charge in [-0.3, -0.25) is 19.3 Å². The van der Waals surface area contributed by atoms with E-state index in [4.69, 9.17) is 60.6 Å². The third-order valence-corrected chi connectivity index (χ3v) is 10.4. The van der Waals surface area contributed by atoms with Gasteiger partial charge in [0.2, 0.25) is 6.41 Å². The summed E-state index contributed by atoms with van der Waals surface area (Å²) in [4.78, 5) is 65.4. The molecule has 2 aliphatic rings. The first-order valence-electron chi connectivity index (χ1n) is 17.6. The van der Waals surface area contributed by atoms with E-state index >= 15 is 0 Å². The van der Waals surface area contributed by atoms with E-state index in [-0.39, 0.29) is 19.8 Å². The van der Waals surface area contributed by atoms with Crippen LogP contribution >= 0.6 is 46.4 Å². The number of halogens is 4. The number of carbonyl (C=O) groups excluding carboxylic acids is 5. The Labute approximate surface area is 360 Å². The van der Waals surface area contributed by atoms with Gasteiger partial charge in [0.15, 0.2) is 0 Å². The van der Waals surface area contributed by atoms with Crippen LogP contribution in [0.4, 0.5) is 21.0 Å². The Hall–Kier alpha value is -5.51. The van der Waals surface area contributed by atoms with Gasteiger partial charge in [-0.2, -0.15) is 10.2 Å². The molecular formula is C41H38Cl4N6O8. The van der Waals surface area contributed by atoms with Crippen LogP contribution in [0.15, 0.2) is 107 Å². The fraction of sp³-hybridized carbons (Fsp3) is 0.244. The molecule has 59 heavy (non-hydrogen) atoms. The predicted octanol–water partition coefficient (Wildman–Crippen LogP) is 8.40. The molecular weight excluding hydrogens is 846 g/mol. The number of urea groups is 2. The number of nitrogens with zero attached hydrogens (tertiary/aromatic N) is 6. The monoisotopic (exact) mass is 882 g/mol. The minimum Gasteiger partial charge on any atom is -0.468 e. The molecule has 14 nitrogen and oxygen atoms in total. The number of benzene rings is 4. The molecule has 0 spiro atoms. The average molecular weight is 885 g/mol. The van der Waals surface area contributed by atoms with Gasteiger partial charge in [-0.1, -0.05) is 70.7 Å². The van der Waals surface area contributed by atoms with Crippen LogP contribution in [0.3, 0.4) is 0 Å². The topological polar surface area (TPSA) is 151 Å². The minimum atomic E-state index is -1.22. The molecule has 0 bridgehead atoms. The van der Waals surface area contributed by atoms with Gasteiger partial charge in [0, 0.05) is 32.9 Å². The summed E-state index contributed by atoms with van der Waals surface area (Å²) in [6.07, 6.45) is 0.386. The van der Waals surface area contributed by atoms with Gasteiger partial charge >= 0.3 is 24.0 Å². The maximum absolute atomic E-state index is 13.3. The molecule has 0 saturated carbocycles. The third kappa shape index (κ3) is 9.69. The summed E-state index contributed by atoms with van der Waals surface area (Å²) in [5, 5.41) is 13.3. The Morgan fingerprint density at radius 2 is 0.966 bits per heavy atom. The van der Waals surface area contributed by atoms with Crippen LogP contribution in [0.2, 0.25) is 20.1 Å². The van der Waals surface area contributed by atoms with E-state index < -0.39 is 34.8 Å². The van der Waals surface area contributed by atoms with Gasteiger partial charge in [0.05, 0.1) is 44.4 Å². The van der Waals surface area contributed by atoms with Crippen molar-refractivity contribution in [3.05, 3.63) is 128 Å². The van der Waals surface area contributed by atoms with E-state index in [0.717, 1.165) is 9.91 Å². The second kappa shape index (κ2) is 19.0. The molecule has 2 aliphatic heterocycles. The van der Waals surface area contributed by atoms with Crippen LogP contribution in [0.25, 0.3) is 0 Å². The van der Waals surface area contributed by atoms with Gasteiger partial charge in [-0.25, -0.2) is 24.5 Å². The molecule has 308 valence electrons. The van der Waals surface area contributed by atoms with E-state index in [9.17, 15) is 24.0 Å². The molecule has 6 rings (SSSR count). The maximum atomic E-state index is 13.3. The maximum Gasteiger partial charge on any atom is 0.351 e. The summed E-state index contributed by atoms with van der Waals surface area (Å²) in [7, 11) is 4.06. The number of carbonyl (C=O) groups is 5. The number of anilines is 2. The molecule has 0 aliphatic carbocycles. The van der Waals surface area contributed by atoms with Crippen molar-refractivity contribution in [3.8, 4) is 0 Å². The lowest BCUT2D eigenvalue weighted by atomic mass is 9.82. The zero-order chi connectivity index (χ0) is 43.1. The zero-order valence-corrected chi connectivity index (χ0v) is 35.4. The predicted molar refractivity (Wildman–Crippen MR) is 226 cm³/mol. The van der Waals surface area contributed by atoms with Crippen LogP contribution in [0.5, 0.6) is 0 Å². The van der Waals surface area contributed by atoms with Gasteiger partial charge in [-0.15, -0.1) is 0 Å². The van der Waals surface area contributed by atoms with Crippen molar-refractivity contribution >= 4 is 99.6 Å². The first-order valence-corrected chi connectivity index (χ1v) is 19.1. The standard InChI is InChI=1S/C21H21Cl2N3O4.C20H17Cl2N3O4/c1-21(19(27)30-3)12-26(24-18(21)14-4-6-15(22)7-5-14)20(28)25(13-29-2)17-10-8-16(23)9-11-17;1-20(18(27)29-2)11-25(23-17(20)13-3-5-14(21)6-4-13)19(28)24(12-26)16-9-7-15(22)8-10-16/h4-11H,12-13H2,1-3H3;3-10,12H,11H2,1-2H3. The van der Waals surface area contributed by atoms with Crippen LogP contribution in [-0.2, 0) is 28.6 Å². The molecule has 0 saturated heterocycles. The van der Waals surface area contributed by atoms with Crippen molar-refractivity contribution in [2.24, 2.45) is 21.0 Å². The lowest BCUT2D eigenvalue weighted by molar-refractivity contribution is -0.148. The molecule has 2 unspecified atom stereocenters. The van der Waals surface area contributed by atoms with E-state index in [1.807, 2.05) is 0 Å².